The second-order valence-corrected chi connectivity index (χ2v) is 7.39. The number of ether oxygens (including phenoxy) is 1. The lowest BCUT2D eigenvalue weighted by Gasteiger charge is -2.30. The van der Waals surface area contributed by atoms with Gasteiger partial charge in [0.25, 0.3) is 0 Å². The fourth-order valence-corrected chi connectivity index (χ4v) is 3.95. The molecule has 0 unspecified atom stereocenters. The first-order chi connectivity index (χ1) is 12.2. The van der Waals surface area contributed by atoms with Gasteiger partial charge in [-0.3, -0.25) is 0 Å². The van der Waals surface area contributed by atoms with Crippen molar-refractivity contribution in [3.05, 3.63) is 35.5 Å². The highest BCUT2D eigenvalue weighted by molar-refractivity contribution is 5.84. The average molecular weight is 341 g/mol. The summed E-state index contributed by atoms with van der Waals surface area (Å²) in [7, 11) is 0. The Labute approximate surface area is 148 Å². The minimum Gasteiger partial charge on any atom is -0.378 e. The summed E-state index contributed by atoms with van der Waals surface area (Å²) in [6.45, 7) is 3.50. The Morgan fingerprint density at radius 3 is 2.96 bits per heavy atom. The lowest BCUT2D eigenvalue weighted by atomic mass is 10.0. The zero-order valence-electron chi connectivity index (χ0n) is 14.8. The van der Waals surface area contributed by atoms with Gasteiger partial charge in [-0.2, -0.15) is 0 Å². The van der Waals surface area contributed by atoms with Crippen LogP contribution in [0.5, 0.6) is 0 Å². The summed E-state index contributed by atoms with van der Waals surface area (Å²) in [5.74, 6) is 0.734. The topological polar surface area (TPSA) is 66.2 Å². The maximum absolute atomic E-state index is 12.2. The quantitative estimate of drug-likeness (QED) is 0.781. The van der Waals surface area contributed by atoms with Gasteiger partial charge < -0.3 is 20.4 Å². The van der Waals surface area contributed by atoms with E-state index in [1.54, 1.807) is 0 Å². The van der Waals surface area contributed by atoms with E-state index in [1.165, 1.54) is 29.5 Å². The zero-order chi connectivity index (χ0) is 17.2. The molecule has 5 nitrogen and oxygen atoms in total. The van der Waals surface area contributed by atoms with Crippen LogP contribution < -0.4 is 10.6 Å². The first-order valence-electron chi connectivity index (χ1n) is 9.43. The Balaban J connectivity index is 1.26. The van der Waals surface area contributed by atoms with Crippen LogP contribution in [0, 0.1) is 12.8 Å². The van der Waals surface area contributed by atoms with Crippen LogP contribution in [-0.2, 0) is 11.2 Å². The Kier molecular flexibility index (Phi) is 4.66. The summed E-state index contributed by atoms with van der Waals surface area (Å²) < 4.78 is 5.82. The largest absolute Gasteiger partial charge is 0.378 e. The van der Waals surface area contributed by atoms with E-state index in [-0.39, 0.29) is 12.1 Å². The molecule has 1 aliphatic heterocycles. The molecule has 1 aromatic carbocycles. The summed E-state index contributed by atoms with van der Waals surface area (Å²) in [4.78, 5) is 15.6. The molecule has 2 fully saturated rings. The normalized spacial score (nSPS) is 23.6. The number of aryl methyl sites for hydroxylation is 1. The van der Waals surface area contributed by atoms with E-state index in [9.17, 15) is 4.79 Å². The molecule has 0 bridgehead atoms. The number of benzene rings is 1. The van der Waals surface area contributed by atoms with Crippen molar-refractivity contribution < 1.29 is 9.53 Å². The number of hydrogen-bond acceptors (Lipinski definition) is 2. The maximum Gasteiger partial charge on any atom is 0.315 e. The van der Waals surface area contributed by atoms with Crippen molar-refractivity contribution in [2.75, 3.05) is 13.2 Å². The van der Waals surface area contributed by atoms with E-state index in [0.29, 0.717) is 12.6 Å². The standard InChI is InChI=1S/C20H27N3O2/c1-13-16(17-4-2-3-5-18(17)22-13)8-10-21-20(24)23-15-9-11-25-19(12-15)14-6-7-14/h2-5,14-15,19,22H,6-12H2,1H3,(H2,21,23,24)/t15-,19+/m0/s1. The van der Waals surface area contributed by atoms with Gasteiger partial charge >= 0.3 is 6.03 Å². The van der Waals surface area contributed by atoms with Gasteiger partial charge in [0.05, 0.1) is 6.10 Å². The monoisotopic (exact) mass is 341 g/mol. The first kappa shape index (κ1) is 16.5. The van der Waals surface area contributed by atoms with Crippen molar-refractivity contribution in [3.8, 4) is 0 Å². The van der Waals surface area contributed by atoms with Crippen LogP contribution in [0.4, 0.5) is 4.79 Å². The molecule has 25 heavy (non-hydrogen) atoms. The number of urea groups is 1. The molecule has 1 saturated carbocycles. The molecule has 3 N–H and O–H groups in total. The third kappa shape index (κ3) is 3.82. The van der Waals surface area contributed by atoms with Gasteiger partial charge in [0.2, 0.25) is 0 Å². The number of carbonyl (C=O) groups is 1. The molecule has 2 atom stereocenters. The molecule has 134 valence electrons. The van der Waals surface area contributed by atoms with Gasteiger partial charge in [-0.1, -0.05) is 18.2 Å². The summed E-state index contributed by atoms with van der Waals surface area (Å²) in [5.41, 5.74) is 3.63. The summed E-state index contributed by atoms with van der Waals surface area (Å²) in [6.07, 6.45) is 5.63. The molecule has 5 heteroatoms. The molecular formula is C20H27N3O2. The van der Waals surface area contributed by atoms with Crippen LogP contribution in [0.3, 0.4) is 0 Å². The Morgan fingerprint density at radius 1 is 1.28 bits per heavy atom. The Morgan fingerprint density at radius 2 is 2.12 bits per heavy atom. The molecule has 1 aliphatic carbocycles. The van der Waals surface area contributed by atoms with Gasteiger partial charge in [0.15, 0.2) is 0 Å². The van der Waals surface area contributed by atoms with Gasteiger partial charge in [-0.25, -0.2) is 4.79 Å². The number of fused-ring (bicyclic) bond motifs is 1. The third-order valence-corrected chi connectivity index (χ3v) is 5.49. The zero-order valence-corrected chi connectivity index (χ0v) is 14.8. The molecule has 2 heterocycles. The summed E-state index contributed by atoms with van der Waals surface area (Å²) in [6, 6.07) is 8.51. The van der Waals surface area contributed by atoms with E-state index in [4.69, 9.17) is 4.74 Å². The second kappa shape index (κ2) is 7.08. The molecule has 2 aliphatic rings. The van der Waals surface area contributed by atoms with Crippen molar-refractivity contribution in [1.82, 2.24) is 15.6 Å². The number of H-pyrrole nitrogens is 1. The van der Waals surface area contributed by atoms with E-state index in [2.05, 4.69) is 40.7 Å². The molecular weight excluding hydrogens is 314 g/mol. The van der Waals surface area contributed by atoms with Gasteiger partial charge in [-0.05, 0) is 56.6 Å². The molecule has 2 amide bonds. The highest BCUT2D eigenvalue weighted by atomic mass is 16.5. The van der Waals surface area contributed by atoms with Crippen molar-refractivity contribution in [1.29, 1.82) is 0 Å². The fourth-order valence-electron chi connectivity index (χ4n) is 3.95. The smallest absolute Gasteiger partial charge is 0.315 e. The molecule has 0 spiro atoms. The molecule has 1 saturated heterocycles. The van der Waals surface area contributed by atoms with Crippen molar-refractivity contribution in [3.63, 3.8) is 0 Å². The number of hydrogen-bond donors (Lipinski definition) is 3. The average Bonchev–Trinajstić information content (AvgIpc) is 3.40. The van der Waals surface area contributed by atoms with Crippen LogP contribution in [0.2, 0.25) is 0 Å². The number of carbonyl (C=O) groups excluding carboxylic acids is 1. The van der Waals surface area contributed by atoms with E-state index >= 15 is 0 Å². The van der Waals surface area contributed by atoms with Crippen molar-refractivity contribution in [2.45, 2.75) is 51.2 Å². The lowest BCUT2D eigenvalue weighted by Crippen LogP contribution is -2.47. The molecule has 2 aromatic rings. The van der Waals surface area contributed by atoms with Gasteiger partial charge in [0.1, 0.15) is 0 Å². The molecule has 4 rings (SSSR count). The van der Waals surface area contributed by atoms with Crippen LogP contribution >= 0.6 is 0 Å². The van der Waals surface area contributed by atoms with Crippen molar-refractivity contribution in [2.24, 2.45) is 5.92 Å². The van der Waals surface area contributed by atoms with Crippen molar-refractivity contribution >= 4 is 16.9 Å². The van der Waals surface area contributed by atoms with Gasteiger partial charge in [0, 0.05) is 35.8 Å². The predicted molar refractivity (Wildman–Crippen MR) is 98.8 cm³/mol. The SMILES string of the molecule is Cc1[nH]c2ccccc2c1CCNC(=O)N[C@H]1CCO[C@@H](C2CC2)C1. The number of amides is 2. The highest BCUT2D eigenvalue weighted by Crippen LogP contribution is 2.38. The fraction of sp³-hybridized carbons (Fsp3) is 0.550. The molecule has 0 radical (unpaired) electrons. The Bertz CT molecular complexity index is 750. The Hall–Kier alpha value is -2.01. The maximum atomic E-state index is 12.2. The summed E-state index contributed by atoms with van der Waals surface area (Å²) >= 11 is 0. The minimum absolute atomic E-state index is 0.0565. The number of para-hydroxylation sites is 1. The second-order valence-electron chi connectivity index (χ2n) is 7.39. The first-order valence-corrected chi connectivity index (χ1v) is 9.43. The van der Waals surface area contributed by atoms with Crippen LogP contribution in [0.25, 0.3) is 10.9 Å². The van der Waals surface area contributed by atoms with E-state index in [1.807, 2.05) is 6.07 Å². The van der Waals surface area contributed by atoms with E-state index < -0.39 is 0 Å². The van der Waals surface area contributed by atoms with Crippen LogP contribution in [0.1, 0.15) is 36.9 Å². The third-order valence-electron chi connectivity index (χ3n) is 5.49. The number of nitrogens with one attached hydrogen (secondary N) is 3. The lowest BCUT2D eigenvalue weighted by molar-refractivity contribution is -0.00913. The van der Waals surface area contributed by atoms with E-state index in [0.717, 1.165) is 37.3 Å². The number of aromatic nitrogens is 1. The minimum atomic E-state index is -0.0565. The predicted octanol–water partition coefficient (Wildman–Crippen LogP) is 3.28. The summed E-state index contributed by atoms with van der Waals surface area (Å²) in [5, 5.41) is 7.39. The molecule has 1 aromatic heterocycles. The van der Waals surface area contributed by atoms with Crippen LogP contribution in [-0.4, -0.2) is 36.3 Å². The highest BCUT2D eigenvalue weighted by Gasteiger charge is 2.36. The van der Waals surface area contributed by atoms with Gasteiger partial charge in [-0.15, -0.1) is 0 Å². The number of aromatic amines is 1. The van der Waals surface area contributed by atoms with Crippen LogP contribution in [0.15, 0.2) is 24.3 Å². The number of rotatable bonds is 5.